The molecule has 2 aromatic rings. The molecule has 1 nitrogen and oxygen atoms in total. The Morgan fingerprint density at radius 1 is 1.14 bits per heavy atom. The number of halogens is 3. The SMILES string of the molecule is CCCNC(Cc1cc(F)ccc1Br)c1ccccc1F. The molecule has 0 amide bonds. The third-order valence-electron chi connectivity index (χ3n) is 3.35. The Balaban J connectivity index is 2.28. The van der Waals surface area contributed by atoms with Gasteiger partial charge in [-0.25, -0.2) is 8.78 Å². The highest BCUT2D eigenvalue weighted by Gasteiger charge is 2.17. The Kier molecular flexibility index (Phi) is 5.88. The van der Waals surface area contributed by atoms with Gasteiger partial charge in [0.2, 0.25) is 0 Å². The summed E-state index contributed by atoms with van der Waals surface area (Å²) in [7, 11) is 0. The van der Waals surface area contributed by atoms with Crippen LogP contribution in [0, 0.1) is 11.6 Å². The Hall–Kier alpha value is -1.26. The maximum Gasteiger partial charge on any atom is 0.127 e. The van der Waals surface area contributed by atoms with Gasteiger partial charge < -0.3 is 5.32 Å². The van der Waals surface area contributed by atoms with Crippen LogP contribution in [0.25, 0.3) is 0 Å². The van der Waals surface area contributed by atoms with Crippen molar-refractivity contribution in [3.05, 3.63) is 69.7 Å². The molecule has 0 aromatic heterocycles. The number of benzene rings is 2. The van der Waals surface area contributed by atoms with Crippen molar-refractivity contribution < 1.29 is 8.78 Å². The lowest BCUT2D eigenvalue weighted by Gasteiger charge is -2.20. The monoisotopic (exact) mass is 353 g/mol. The molecule has 0 aliphatic rings. The van der Waals surface area contributed by atoms with E-state index in [1.165, 1.54) is 18.2 Å². The number of hydrogen-bond donors (Lipinski definition) is 1. The van der Waals surface area contributed by atoms with E-state index in [1.54, 1.807) is 18.2 Å². The second-order valence-electron chi connectivity index (χ2n) is 4.97. The highest BCUT2D eigenvalue weighted by atomic mass is 79.9. The standard InChI is InChI=1S/C17H18BrF2N/c1-2-9-21-17(14-5-3-4-6-16(14)20)11-12-10-13(19)7-8-15(12)18/h3-8,10,17,21H,2,9,11H2,1H3. The molecule has 2 rings (SSSR count). The van der Waals surface area contributed by atoms with Crippen LogP contribution in [0.1, 0.15) is 30.5 Å². The van der Waals surface area contributed by atoms with Gasteiger partial charge in [0.15, 0.2) is 0 Å². The van der Waals surface area contributed by atoms with Crippen molar-refractivity contribution in [2.24, 2.45) is 0 Å². The van der Waals surface area contributed by atoms with Gasteiger partial charge in [0, 0.05) is 16.1 Å². The van der Waals surface area contributed by atoms with Crippen molar-refractivity contribution >= 4 is 15.9 Å². The van der Waals surface area contributed by atoms with Crippen LogP contribution in [-0.2, 0) is 6.42 Å². The summed E-state index contributed by atoms with van der Waals surface area (Å²) in [5.41, 5.74) is 1.44. The zero-order valence-corrected chi connectivity index (χ0v) is 13.5. The molecule has 0 heterocycles. The van der Waals surface area contributed by atoms with Crippen molar-refractivity contribution in [2.75, 3.05) is 6.54 Å². The van der Waals surface area contributed by atoms with Gasteiger partial charge in [-0.1, -0.05) is 41.1 Å². The lowest BCUT2D eigenvalue weighted by atomic mass is 9.98. The molecule has 0 fully saturated rings. The van der Waals surface area contributed by atoms with Crippen LogP contribution in [0.4, 0.5) is 8.78 Å². The van der Waals surface area contributed by atoms with Crippen LogP contribution in [0.2, 0.25) is 0 Å². The molecule has 0 saturated carbocycles. The fourth-order valence-electron chi connectivity index (χ4n) is 2.29. The first-order chi connectivity index (χ1) is 10.1. The van der Waals surface area contributed by atoms with E-state index in [1.807, 2.05) is 6.07 Å². The fraction of sp³-hybridized carbons (Fsp3) is 0.294. The zero-order valence-electron chi connectivity index (χ0n) is 11.9. The topological polar surface area (TPSA) is 12.0 Å². The van der Waals surface area contributed by atoms with Crippen molar-refractivity contribution in [2.45, 2.75) is 25.8 Å². The molecular weight excluding hydrogens is 336 g/mol. The van der Waals surface area contributed by atoms with Gasteiger partial charge in [-0.2, -0.15) is 0 Å². The lowest BCUT2D eigenvalue weighted by Crippen LogP contribution is -2.25. The van der Waals surface area contributed by atoms with Crippen molar-refractivity contribution in [3.63, 3.8) is 0 Å². The molecule has 1 atom stereocenters. The Morgan fingerprint density at radius 3 is 2.62 bits per heavy atom. The van der Waals surface area contributed by atoms with Gasteiger partial charge in [-0.15, -0.1) is 0 Å². The van der Waals surface area contributed by atoms with Crippen molar-refractivity contribution in [1.82, 2.24) is 5.32 Å². The van der Waals surface area contributed by atoms with Gasteiger partial charge in [0.1, 0.15) is 11.6 Å². The van der Waals surface area contributed by atoms with Crippen LogP contribution >= 0.6 is 15.9 Å². The van der Waals surface area contributed by atoms with Crippen LogP contribution < -0.4 is 5.32 Å². The molecule has 0 spiro atoms. The maximum atomic E-state index is 14.0. The average Bonchev–Trinajstić information content (AvgIpc) is 2.48. The Labute approximate surface area is 132 Å². The molecule has 4 heteroatoms. The summed E-state index contributed by atoms with van der Waals surface area (Å²) in [6.45, 7) is 2.84. The minimum atomic E-state index is -0.282. The van der Waals surface area contributed by atoms with Gasteiger partial charge in [0.25, 0.3) is 0 Å². The number of hydrogen-bond acceptors (Lipinski definition) is 1. The maximum absolute atomic E-state index is 14.0. The summed E-state index contributed by atoms with van der Waals surface area (Å²) in [4.78, 5) is 0. The van der Waals surface area contributed by atoms with E-state index in [9.17, 15) is 8.78 Å². The van der Waals surface area contributed by atoms with Crippen LogP contribution in [0.3, 0.4) is 0 Å². The molecular formula is C17H18BrF2N. The lowest BCUT2D eigenvalue weighted by molar-refractivity contribution is 0.495. The van der Waals surface area contributed by atoms with Crippen molar-refractivity contribution in [1.29, 1.82) is 0 Å². The molecule has 0 radical (unpaired) electrons. The molecule has 0 aliphatic carbocycles. The summed E-state index contributed by atoms with van der Waals surface area (Å²) in [5, 5.41) is 3.34. The van der Waals surface area contributed by atoms with E-state index in [-0.39, 0.29) is 17.7 Å². The fourth-order valence-corrected chi connectivity index (χ4v) is 2.70. The van der Waals surface area contributed by atoms with Gasteiger partial charge in [-0.05, 0) is 49.2 Å². The third-order valence-corrected chi connectivity index (χ3v) is 4.13. The second kappa shape index (κ2) is 7.66. The average molecular weight is 354 g/mol. The molecule has 21 heavy (non-hydrogen) atoms. The number of rotatable bonds is 6. The first-order valence-electron chi connectivity index (χ1n) is 7.03. The van der Waals surface area contributed by atoms with Gasteiger partial charge in [0.05, 0.1) is 0 Å². The number of nitrogens with one attached hydrogen (secondary N) is 1. The van der Waals surface area contributed by atoms with Gasteiger partial charge in [-0.3, -0.25) is 0 Å². The second-order valence-corrected chi connectivity index (χ2v) is 5.82. The summed E-state index contributed by atoms with van der Waals surface area (Å²) in [6.07, 6.45) is 1.48. The van der Waals surface area contributed by atoms with E-state index in [0.29, 0.717) is 12.0 Å². The van der Waals surface area contributed by atoms with Gasteiger partial charge >= 0.3 is 0 Å². The summed E-state index contributed by atoms with van der Waals surface area (Å²) >= 11 is 3.43. The van der Waals surface area contributed by atoms with E-state index >= 15 is 0 Å². The third kappa shape index (κ3) is 4.35. The minimum Gasteiger partial charge on any atom is -0.310 e. The van der Waals surface area contributed by atoms with Crippen LogP contribution in [-0.4, -0.2) is 6.54 Å². The smallest absolute Gasteiger partial charge is 0.127 e. The zero-order chi connectivity index (χ0) is 15.2. The molecule has 1 N–H and O–H groups in total. The summed E-state index contributed by atoms with van der Waals surface area (Å²) < 4.78 is 28.3. The Morgan fingerprint density at radius 2 is 1.90 bits per heavy atom. The molecule has 0 saturated heterocycles. The highest BCUT2D eigenvalue weighted by Crippen LogP contribution is 2.26. The normalized spacial score (nSPS) is 12.4. The summed E-state index contributed by atoms with van der Waals surface area (Å²) in [6, 6.07) is 11.1. The molecule has 2 aromatic carbocycles. The van der Waals surface area contributed by atoms with Crippen LogP contribution in [0.5, 0.6) is 0 Å². The predicted molar refractivity (Wildman–Crippen MR) is 85.2 cm³/mol. The van der Waals surface area contributed by atoms with Crippen LogP contribution in [0.15, 0.2) is 46.9 Å². The quantitative estimate of drug-likeness (QED) is 0.769. The molecule has 0 aliphatic heterocycles. The first kappa shape index (κ1) is 16.1. The summed E-state index contributed by atoms with van der Waals surface area (Å²) in [5.74, 6) is -0.519. The van der Waals surface area contributed by atoms with E-state index in [0.717, 1.165) is 23.0 Å². The predicted octanol–water partition coefficient (Wildman–Crippen LogP) is 5.01. The van der Waals surface area contributed by atoms with E-state index < -0.39 is 0 Å². The largest absolute Gasteiger partial charge is 0.310 e. The Bertz CT molecular complexity index is 601. The minimum absolute atomic E-state index is 0.177. The van der Waals surface area contributed by atoms with E-state index in [4.69, 9.17) is 0 Å². The van der Waals surface area contributed by atoms with Crippen molar-refractivity contribution in [3.8, 4) is 0 Å². The first-order valence-corrected chi connectivity index (χ1v) is 7.83. The highest BCUT2D eigenvalue weighted by molar-refractivity contribution is 9.10. The molecule has 1 unspecified atom stereocenters. The molecule has 112 valence electrons. The molecule has 0 bridgehead atoms. The van der Waals surface area contributed by atoms with E-state index in [2.05, 4.69) is 28.2 Å².